The summed E-state index contributed by atoms with van der Waals surface area (Å²) in [6.45, 7) is 0.0861. The van der Waals surface area contributed by atoms with E-state index in [1.165, 1.54) is 17.7 Å². The Kier molecular flexibility index (Phi) is 4.48. The minimum absolute atomic E-state index is 0.0861. The van der Waals surface area contributed by atoms with Crippen molar-refractivity contribution in [1.29, 1.82) is 0 Å². The van der Waals surface area contributed by atoms with Crippen LogP contribution in [0, 0.1) is 0 Å². The van der Waals surface area contributed by atoms with E-state index >= 15 is 0 Å². The second kappa shape index (κ2) is 7.24. The molecule has 0 aliphatic carbocycles. The zero-order valence-corrected chi connectivity index (χ0v) is 14.4. The number of nitrogens with zero attached hydrogens (tertiary/aromatic N) is 4. The van der Waals surface area contributed by atoms with Crippen molar-refractivity contribution < 1.29 is 4.79 Å². The van der Waals surface area contributed by atoms with E-state index in [1.54, 1.807) is 12.4 Å². The second-order valence-corrected chi connectivity index (χ2v) is 6.28. The smallest absolute Gasteiger partial charge is 0.245 e. The Morgan fingerprint density at radius 2 is 2.04 bits per heavy atom. The summed E-state index contributed by atoms with van der Waals surface area (Å²) in [7, 11) is 0. The van der Waals surface area contributed by atoms with Crippen LogP contribution in [-0.4, -0.2) is 32.4 Å². The summed E-state index contributed by atoms with van der Waals surface area (Å²) in [5, 5.41) is 9.15. The predicted octanol–water partition coefficient (Wildman–Crippen LogP) is 3.20. The Balaban J connectivity index is 1.41. The maximum Gasteiger partial charge on any atom is 0.245 e. The lowest BCUT2D eigenvalue weighted by Gasteiger charge is -2.07. The molecule has 0 aliphatic heterocycles. The zero-order valence-electron chi connectivity index (χ0n) is 13.6. The maximum atomic E-state index is 12.2. The van der Waals surface area contributed by atoms with Gasteiger partial charge < -0.3 is 10.6 Å². The van der Waals surface area contributed by atoms with Gasteiger partial charge in [0.1, 0.15) is 12.1 Å². The second-order valence-electron chi connectivity index (χ2n) is 5.42. The Morgan fingerprint density at radius 1 is 1.12 bits per heavy atom. The van der Waals surface area contributed by atoms with Crippen molar-refractivity contribution in [3.63, 3.8) is 0 Å². The number of benzene rings is 1. The summed E-state index contributed by atoms with van der Waals surface area (Å²) in [6, 6.07) is 11.4. The molecule has 128 valence electrons. The van der Waals surface area contributed by atoms with Crippen molar-refractivity contribution in [2.45, 2.75) is 0 Å². The van der Waals surface area contributed by atoms with E-state index in [9.17, 15) is 4.79 Å². The SMILES string of the molecule is O=C(CNc1ncnc2ccccc12)Nc1nc(-c2cccnc2)cs1. The molecule has 0 radical (unpaired) electrons. The number of thiazole rings is 1. The minimum atomic E-state index is -0.195. The fourth-order valence-corrected chi connectivity index (χ4v) is 3.19. The molecule has 4 aromatic rings. The van der Waals surface area contributed by atoms with Crippen LogP contribution >= 0.6 is 11.3 Å². The average molecular weight is 362 g/mol. The van der Waals surface area contributed by atoms with E-state index < -0.39 is 0 Å². The Morgan fingerprint density at radius 3 is 2.92 bits per heavy atom. The molecule has 0 unspecified atom stereocenters. The third kappa shape index (κ3) is 3.50. The number of carbonyl (C=O) groups is 1. The van der Waals surface area contributed by atoms with E-state index in [0.29, 0.717) is 10.9 Å². The molecule has 7 nitrogen and oxygen atoms in total. The summed E-state index contributed by atoms with van der Waals surface area (Å²) in [5.74, 6) is 0.431. The molecular formula is C18H14N6OS. The van der Waals surface area contributed by atoms with Gasteiger partial charge in [0.05, 0.1) is 17.8 Å². The van der Waals surface area contributed by atoms with Crippen LogP contribution < -0.4 is 10.6 Å². The molecule has 2 N–H and O–H groups in total. The average Bonchev–Trinajstić information content (AvgIpc) is 3.15. The first-order valence-electron chi connectivity index (χ1n) is 7.89. The number of fused-ring (bicyclic) bond motifs is 1. The van der Waals surface area contributed by atoms with Gasteiger partial charge in [-0.1, -0.05) is 12.1 Å². The highest BCUT2D eigenvalue weighted by Gasteiger charge is 2.09. The largest absolute Gasteiger partial charge is 0.360 e. The lowest BCUT2D eigenvalue weighted by Crippen LogP contribution is -2.22. The molecule has 0 spiro atoms. The van der Waals surface area contributed by atoms with Crippen LogP contribution in [0.1, 0.15) is 0 Å². The van der Waals surface area contributed by atoms with Crippen molar-refractivity contribution in [3.8, 4) is 11.3 Å². The van der Waals surface area contributed by atoms with Crippen molar-refractivity contribution in [2.75, 3.05) is 17.2 Å². The highest BCUT2D eigenvalue weighted by atomic mass is 32.1. The van der Waals surface area contributed by atoms with Gasteiger partial charge in [0.25, 0.3) is 0 Å². The fourth-order valence-electron chi connectivity index (χ4n) is 2.45. The fraction of sp³-hybridized carbons (Fsp3) is 0.0556. The first-order valence-corrected chi connectivity index (χ1v) is 8.77. The molecule has 26 heavy (non-hydrogen) atoms. The number of rotatable bonds is 5. The van der Waals surface area contributed by atoms with Gasteiger partial charge in [-0.3, -0.25) is 9.78 Å². The first-order chi connectivity index (χ1) is 12.8. The lowest BCUT2D eigenvalue weighted by molar-refractivity contribution is -0.114. The first kappa shape index (κ1) is 16.1. The summed E-state index contributed by atoms with van der Waals surface area (Å²) in [5.41, 5.74) is 2.52. The van der Waals surface area contributed by atoms with Crippen molar-refractivity contribution in [3.05, 3.63) is 60.5 Å². The zero-order chi connectivity index (χ0) is 17.8. The number of para-hydroxylation sites is 1. The summed E-state index contributed by atoms with van der Waals surface area (Å²) in [4.78, 5) is 29.1. The number of carbonyl (C=O) groups excluding carboxylic acids is 1. The number of nitrogens with one attached hydrogen (secondary N) is 2. The lowest BCUT2D eigenvalue weighted by atomic mass is 10.2. The Hall–Kier alpha value is -3.39. The van der Waals surface area contributed by atoms with Gasteiger partial charge in [0, 0.05) is 28.7 Å². The van der Waals surface area contributed by atoms with Gasteiger partial charge in [-0.05, 0) is 24.3 Å². The van der Waals surface area contributed by atoms with E-state index in [4.69, 9.17) is 0 Å². The topological polar surface area (TPSA) is 92.7 Å². The predicted molar refractivity (Wildman–Crippen MR) is 102 cm³/mol. The van der Waals surface area contributed by atoms with Gasteiger partial charge in [-0.15, -0.1) is 11.3 Å². The number of aromatic nitrogens is 4. The van der Waals surface area contributed by atoms with Crippen LogP contribution in [0.15, 0.2) is 60.5 Å². The van der Waals surface area contributed by atoms with Gasteiger partial charge in [-0.2, -0.15) is 0 Å². The normalized spacial score (nSPS) is 10.6. The quantitative estimate of drug-likeness (QED) is 0.566. The molecule has 3 aromatic heterocycles. The van der Waals surface area contributed by atoms with Gasteiger partial charge >= 0.3 is 0 Å². The maximum absolute atomic E-state index is 12.2. The van der Waals surface area contributed by atoms with Crippen molar-refractivity contribution in [2.24, 2.45) is 0 Å². The van der Waals surface area contributed by atoms with Crippen LogP contribution in [0.4, 0.5) is 10.9 Å². The van der Waals surface area contributed by atoms with E-state index in [-0.39, 0.29) is 12.5 Å². The number of pyridine rings is 1. The van der Waals surface area contributed by atoms with Crippen LogP contribution in [0.5, 0.6) is 0 Å². The summed E-state index contributed by atoms with van der Waals surface area (Å²) in [6.07, 6.45) is 4.92. The summed E-state index contributed by atoms with van der Waals surface area (Å²) >= 11 is 1.37. The molecule has 4 rings (SSSR count). The molecule has 0 atom stereocenters. The summed E-state index contributed by atoms with van der Waals surface area (Å²) < 4.78 is 0. The number of hydrogen-bond donors (Lipinski definition) is 2. The van der Waals surface area contributed by atoms with Crippen molar-refractivity contribution in [1.82, 2.24) is 19.9 Å². The highest BCUT2D eigenvalue weighted by molar-refractivity contribution is 7.14. The third-order valence-corrected chi connectivity index (χ3v) is 4.42. The monoisotopic (exact) mass is 362 g/mol. The molecule has 0 aliphatic rings. The number of anilines is 2. The highest BCUT2D eigenvalue weighted by Crippen LogP contribution is 2.24. The molecule has 3 heterocycles. The number of hydrogen-bond acceptors (Lipinski definition) is 7. The van der Waals surface area contributed by atoms with Crippen LogP contribution in [0.2, 0.25) is 0 Å². The van der Waals surface area contributed by atoms with Gasteiger partial charge in [-0.25, -0.2) is 15.0 Å². The number of amides is 1. The van der Waals surface area contributed by atoms with Crippen LogP contribution in [-0.2, 0) is 4.79 Å². The molecule has 0 saturated heterocycles. The van der Waals surface area contributed by atoms with E-state index in [2.05, 4.69) is 30.6 Å². The molecule has 1 amide bonds. The molecule has 0 bridgehead atoms. The van der Waals surface area contributed by atoms with E-state index in [1.807, 2.05) is 41.8 Å². The molecule has 8 heteroatoms. The Labute approximate surface area is 153 Å². The van der Waals surface area contributed by atoms with Crippen LogP contribution in [0.3, 0.4) is 0 Å². The van der Waals surface area contributed by atoms with Crippen LogP contribution in [0.25, 0.3) is 22.2 Å². The Bertz CT molecular complexity index is 1040. The molecular weight excluding hydrogens is 348 g/mol. The van der Waals surface area contributed by atoms with Gasteiger partial charge in [0.15, 0.2) is 5.13 Å². The minimum Gasteiger partial charge on any atom is -0.360 e. The van der Waals surface area contributed by atoms with E-state index in [0.717, 1.165) is 22.2 Å². The standard InChI is InChI=1S/C18H14N6OS/c25-16(9-20-17-13-5-1-2-6-14(13)21-11-22-17)24-18-23-15(10-26-18)12-4-3-7-19-8-12/h1-8,10-11H,9H2,(H,20,21,22)(H,23,24,25). The van der Waals surface area contributed by atoms with Gasteiger partial charge in [0.2, 0.25) is 5.91 Å². The third-order valence-electron chi connectivity index (χ3n) is 3.67. The molecule has 1 aromatic carbocycles. The van der Waals surface area contributed by atoms with Crippen molar-refractivity contribution >= 4 is 39.1 Å². The molecule has 0 saturated carbocycles. The molecule has 0 fully saturated rings.